The Morgan fingerprint density at radius 2 is 1.94 bits per heavy atom. The predicted molar refractivity (Wildman–Crippen MR) is 112 cm³/mol. The quantitative estimate of drug-likeness (QED) is 0.358. The highest BCUT2D eigenvalue weighted by molar-refractivity contribution is 5.98. The number of aromatic nitrogens is 3. The van der Waals surface area contributed by atoms with Gasteiger partial charge >= 0.3 is 12.4 Å². The van der Waals surface area contributed by atoms with Crippen LogP contribution in [0.15, 0.2) is 40.8 Å². The third-order valence-electron chi connectivity index (χ3n) is 5.11. The van der Waals surface area contributed by atoms with Crippen molar-refractivity contribution in [2.75, 3.05) is 18.4 Å². The van der Waals surface area contributed by atoms with Crippen molar-refractivity contribution in [3.63, 3.8) is 0 Å². The Balaban J connectivity index is 1.37. The van der Waals surface area contributed by atoms with Gasteiger partial charge in [0, 0.05) is 31.8 Å². The summed E-state index contributed by atoms with van der Waals surface area (Å²) in [6, 6.07) is 8.83. The van der Waals surface area contributed by atoms with Gasteiger partial charge in [0.2, 0.25) is 5.95 Å². The number of nitrogens with one attached hydrogen (secondary N) is 4. The summed E-state index contributed by atoms with van der Waals surface area (Å²) >= 11 is 0. The normalized spacial score (nSPS) is 14.8. The van der Waals surface area contributed by atoms with E-state index >= 15 is 0 Å². The number of hydrogen-bond acceptors (Lipinski definition) is 8. The molecule has 4 aromatic rings. The van der Waals surface area contributed by atoms with E-state index in [2.05, 4.69) is 36.2 Å². The molecule has 3 heterocycles. The van der Waals surface area contributed by atoms with E-state index < -0.39 is 12.1 Å². The number of aryl methyl sites for hydroxylation is 1. The van der Waals surface area contributed by atoms with E-state index in [-0.39, 0.29) is 23.5 Å². The number of carbonyl (C=O) groups excluding carboxylic acids is 1. The largest absolute Gasteiger partial charge is 0.573 e. The van der Waals surface area contributed by atoms with Crippen LogP contribution >= 0.6 is 0 Å². The van der Waals surface area contributed by atoms with Gasteiger partial charge in [-0.25, -0.2) is 4.98 Å². The smallest absolute Gasteiger partial charge is 0.423 e. The molecule has 1 aliphatic heterocycles. The molecule has 1 aliphatic rings. The lowest BCUT2D eigenvalue weighted by molar-refractivity contribution is -0.274. The van der Waals surface area contributed by atoms with Gasteiger partial charge in [-0.1, -0.05) is 0 Å². The summed E-state index contributed by atoms with van der Waals surface area (Å²) in [7, 11) is 1.77. The Morgan fingerprint density at radius 3 is 2.70 bits per heavy atom. The standard InChI is InChI=1S/C20H18F3N7O3/c1-30-15-5-2-10(17(31)26-11-8-24-25-9-11)6-14(15)27-18(30)29-19-28-13-4-3-12(7-16(13)32-19)33-20(21,22)23/h2-7,11,24-25H,8-9H2,1H3,(H,26,31)(H,27,28,29). The van der Waals surface area contributed by atoms with E-state index in [4.69, 9.17) is 4.42 Å². The minimum absolute atomic E-state index is 0.00429. The van der Waals surface area contributed by atoms with Gasteiger partial charge in [-0.2, -0.15) is 4.98 Å². The minimum Gasteiger partial charge on any atom is -0.423 e. The topological polar surface area (TPSA) is 118 Å². The maximum Gasteiger partial charge on any atom is 0.573 e. The van der Waals surface area contributed by atoms with Crippen molar-refractivity contribution in [2.24, 2.45) is 7.05 Å². The monoisotopic (exact) mass is 461 g/mol. The first-order valence-corrected chi connectivity index (χ1v) is 9.91. The van der Waals surface area contributed by atoms with Crippen LogP contribution in [-0.4, -0.2) is 45.9 Å². The first-order chi connectivity index (χ1) is 15.7. The Hall–Kier alpha value is -3.84. The van der Waals surface area contributed by atoms with E-state index in [0.717, 1.165) is 17.6 Å². The fraction of sp³-hybridized carbons (Fsp3) is 0.250. The van der Waals surface area contributed by atoms with Crippen molar-refractivity contribution in [1.29, 1.82) is 0 Å². The van der Waals surface area contributed by atoms with Gasteiger partial charge in [-0.3, -0.25) is 21.0 Å². The summed E-state index contributed by atoms with van der Waals surface area (Å²) in [5, 5.41) is 5.86. The fourth-order valence-corrected chi connectivity index (χ4v) is 3.54. The van der Waals surface area contributed by atoms with Gasteiger partial charge in [-0.05, 0) is 30.3 Å². The molecule has 1 saturated heterocycles. The zero-order valence-electron chi connectivity index (χ0n) is 17.2. The van der Waals surface area contributed by atoms with Crippen molar-refractivity contribution >= 4 is 40.0 Å². The van der Waals surface area contributed by atoms with Crippen LogP contribution in [0.25, 0.3) is 22.1 Å². The number of nitrogens with zero attached hydrogens (tertiary/aromatic N) is 3. The average molecular weight is 461 g/mol. The molecule has 5 rings (SSSR count). The van der Waals surface area contributed by atoms with Crippen molar-refractivity contribution in [3.8, 4) is 5.75 Å². The first kappa shape index (κ1) is 21.0. The lowest BCUT2D eigenvalue weighted by Crippen LogP contribution is -2.38. The van der Waals surface area contributed by atoms with Crippen LogP contribution in [-0.2, 0) is 7.05 Å². The number of anilines is 2. The maximum absolute atomic E-state index is 12.5. The number of imidazole rings is 1. The summed E-state index contributed by atoms with van der Waals surface area (Å²) < 4.78 is 48.5. The average Bonchev–Trinajstić information content (AvgIpc) is 3.46. The predicted octanol–water partition coefficient (Wildman–Crippen LogP) is 2.56. The SMILES string of the molecule is Cn1c(Nc2nc3ccc(OC(F)(F)F)cc3o2)nc2cc(C(=O)NC3CNNC3)ccc21. The Morgan fingerprint density at radius 1 is 1.15 bits per heavy atom. The van der Waals surface area contributed by atoms with Crippen molar-refractivity contribution in [2.45, 2.75) is 12.4 Å². The van der Waals surface area contributed by atoms with Gasteiger partial charge in [0.1, 0.15) is 11.3 Å². The zero-order valence-corrected chi connectivity index (χ0v) is 17.2. The molecule has 0 aliphatic carbocycles. The van der Waals surface area contributed by atoms with E-state index in [1.165, 1.54) is 6.07 Å². The minimum atomic E-state index is -4.80. The molecule has 0 spiro atoms. The first-order valence-electron chi connectivity index (χ1n) is 9.91. The third-order valence-corrected chi connectivity index (χ3v) is 5.11. The van der Waals surface area contributed by atoms with E-state index in [0.29, 0.717) is 35.6 Å². The van der Waals surface area contributed by atoms with Crippen LogP contribution in [0.3, 0.4) is 0 Å². The van der Waals surface area contributed by atoms with Crippen LogP contribution < -0.4 is 26.2 Å². The second-order valence-electron chi connectivity index (χ2n) is 7.45. The third kappa shape index (κ3) is 4.40. The molecule has 0 radical (unpaired) electrons. The highest BCUT2D eigenvalue weighted by Crippen LogP contribution is 2.29. The second-order valence-corrected chi connectivity index (χ2v) is 7.45. The maximum atomic E-state index is 12.5. The van der Waals surface area contributed by atoms with Crippen molar-refractivity contribution in [1.82, 2.24) is 30.7 Å². The molecule has 4 N–H and O–H groups in total. The van der Waals surface area contributed by atoms with E-state index in [9.17, 15) is 18.0 Å². The molecule has 33 heavy (non-hydrogen) atoms. The lowest BCUT2D eigenvalue weighted by Gasteiger charge is -2.10. The number of oxazole rings is 1. The van der Waals surface area contributed by atoms with E-state index in [1.54, 1.807) is 29.8 Å². The Bertz CT molecular complexity index is 1340. The number of fused-ring (bicyclic) bond motifs is 2. The highest BCUT2D eigenvalue weighted by atomic mass is 19.4. The highest BCUT2D eigenvalue weighted by Gasteiger charge is 2.31. The number of benzene rings is 2. The van der Waals surface area contributed by atoms with Crippen molar-refractivity contribution in [3.05, 3.63) is 42.0 Å². The molecule has 1 fully saturated rings. The molecule has 1 amide bonds. The number of amides is 1. The molecular weight excluding hydrogens is 443 g/mol. The van der Waals surface area contributed by atoms with Crippen LogP contribution in [0, 0.1) is 0 Å². The summed E-state index contributed by atoms with van der Waals surface area (Å²) in [6.45, 7) is 1.28. The summed E-state index contributed by atoms with van der Waals surface area (Å²) in [6.07, 6.45) is -4.80. The number of halogens is 3. The summed E-state index contributed by atoms with van der Waals surface area (Å²) in [4.78, 5) is 21.2. The molecule has 0 unspecified atom stereocenters. The molecule has 172 valence electrons. The zero-order chi connectivity index (χ0) is 23.2. The van der Waals surface area contributed by atoms with Crippen LogP contribution in [0.5, 0.6) is 5.75 Å². The van der Waals surface area contributed by atoms with Gasteiger partial charge < -0.3 is 19.0 Å². The van der Waals surface area contributed by atoms with Gasteiger partial charge in [0.05, 0.1) is 17.1 Å². The number of alkyl halides is 3. The lowest BCUT2D eigenvalue weighted by atomic mass is 10.1. The Labute approximate surface area is 184 Å². The van der Waals surface area contributed by atoms with Gasteiger partial charge in [-0.15, -0.1) is 13.2 Å². The van der Waals surface area contributed by atoms with Crippen LogP contribution in [0.4, 0.5) is 25.1 Å². The van der Waals surface area contributed by atoms with Gasteiger partial charge in [0.25, 0.3) is 5.91 Å². The number of hydrogen-bond donors (Lipinski definition) is 4. The molecule has 2 aromatic carbocycles. The molecule has 2 aromatic heterocycles. The fourth-order valence-electron chi connectivity index (χ4n) is 3.54. The number of rotatable bonds is 5. The molecule has 0 bridgehead atoms. The number of carbonyl (C=O) groups is 1. The molecule has 13 heteroatoms. The summed E-state index contributed by atoms with van der Waals surface area (Å²) in [5.41, 5.74) is 8.18. The van der Waals surface area contributed by atoms with Crippen LogP contribution in [0.2, 0.25) is 0 Å². The van der Waals surface area contributed by atoms with Gasteiger partial charge in [0.15, 0.2) is 5.58 Å². The van der Waals surface area contributed by atoms with Crippen molar-refractivity contribution < 1.29 is 27.1 Å². The van der Waals surface area contributed by atoms with Crippen LogP contribution in [0.1, 0.15) is 10.4 Å². The van der Waals surface area contributed by atoms with E-state index in [1.807, 2.05) is 0 Å². The molecule has 10 nitrogen and oxygen atoms in total. The molecule has 0 saturated carbocycles. The number of hydrazine groups is 1. The molecular formula is C20H18F3N7O3. The molecule has 0 atom stereocenters. The number of ether oxygens (including phenoxy) is 1. The second kappa shape index (κ2) is 7.94. The Kier molecular flexibility index (Phi) is 5.06. The summed E-state index contributed by atoms with van der Waals surface area (Å²) in [5.74, 6) is -0.233.